The fourth-order valence-electron chi connectivity index (χ4n) is 3.24. The van der Waals surface area contributed by atoms with Gasteiger partial charge < -0.3 is 15.4 Å². The zero-order valence-corrected chi connectivity index (χ0v) is 15.7. The van der Waals surface area contributed by atoms with Gasteiger partial charge in [-0.2, -0.15) is 5.26 Å². The van der Waals surface area contributed by atoms with Crippen LogP contribution in [0.1, 0.15) is 28.1 Å². The van der Waals surface area contributed by atoms with E-state index in [1.165, 1.54) is 6.07 Å². The number of benzene rings is 1. The monoisotopic (exact) mass is 384 g/mol. The van der Waals surface area contributed by atoms with Crippen LogP contribution in [0, 0.1) is 31.0 Å². The summed E-state index contributed by atoms with van der Waals surface area (Å²) in [5, 5.41) is 19.3. The lowest BCUT2D eigenvalue weighted by molar-refractivity contribution is 0.281. The minimum Gasteiger partial charge on any atom is -0.399 e. The maximum absolute atomic E-state index is 14.5. The van der Waals surface area contributed by atoms with Crippen LogP contribution >= 0.6 is 11.6 Å². The standard InChI is InChI=1S/C20H18ClFN4O/c1-11-17(7-23)19(16-4-3-15(24)6-18(16)22)12(2)26(11)9-13-5-14(10-27)20(21)25-8-13/h3-6,8,27H,9-10,24H2,1-2H3. The molecule has 0 unspecified atom stereocenters. The molecule has 0 atom stereocenters. The smallest absolute Gasteiger partial charge is 0.134 e. The fraction of sp³-hybridized carbons (Fsp3) is 0.200. The number of aliphatic hydroxyl groups is 1. The van der Waals surface area contributed by atoms with Crippen LogP contribution in [-0.2, 0) is 13.2 Å². The predicted molar refractivity (Wildman–Crippen MR) is 103 cm³/mol. The highest BCUT2D eigenvalue weighted by molar-refractivity contribution is 6.30. The number of hydrogen-bond donors (Lipinski definition) is 2. The van der Waals surface area contributed by atoms with Gasteiger partial charge in [0.15, 0.2) is 0 Å². The summed E-state index contributed by atoms with van der Waals surface area (Å²) in [7, 11) is 0. The average molecular weight is 385 g/mol. The summed E-state index contributed by atoms with van der Waals surface area (Å²) in [6.45, 7) is 3.87. The molecule has 5 nitrogen and oxygen atoms in total. The number of pyridine rings is 1. The van der Waals surface area contributed by atoms with Gasteiger partial charge in [-0.15, -0.1) is 0 Å². The fourth-order valence-corrected chi connectivity index (χ4v) is 3.41. The van der Waals surface area contributed by atoms with Crippen molar-refractivity contribution in [1.82, 2.24) is 9.55 Å². The van der Waals surface area contributed by atoms with Crippen LogP contribution in [0.3, 0.4) is 0 Å². The Morgan fingerprint density at radius 1 is 1.30 bits per heavy atom. The SMILES string of the molecule is Cc1c(C#N)c(-c2ccc(N)cc2F)c(C)n1Cc1cnc(Cl)c(CO)c1. The highest BCUT2D eigenvalue weighted by atomic mass is 35.5. The molecule has 0 aliphatic heterocycles. The van der Waals surface area contributed by atoms with Gasteiger partial charge in [0, 0.05) is 46.5 Å². The van der Waals surface area contributed by atoms with Crippen molar-refractivity contribution in [2.45, 2.75) is 27.0 Å². The van der Waals surface area contributed by atoms with E-state index in [2.05, 4.69) is 11.1 Å². The first-order valence-corrected chi connectivity index (χ1v) is 8.64. The van der Waals surface area contributed by atoms with Crippen LogP contribution < -0.4 is 5.73 Å². The van der Waals surface area contributed by atoms with E-state index in [9.17, 15) is 14.8 Å². The Morgan fingerprint density at radius 3 is 2.67 bits per heavy atom. The molecule has 7 heteroatoms. The van der Waals surface area contributed by atoms with Crippen molar-refractivity contribution in [1.29, 1.82) is 5.26 Å². The Bertz CT molecular complexity index is 1070. The first kappa shape index (κ1) is 18.9. The summed E-state index contributed by atoms with van der Waals surface area (Å²) in [5.41, 5.74) is 10.1. The van der Waals surface area contributed by atoms with Gasteiger partial charge in [0.2, 0.25) is 0 Å². The van der Waals surface area contributed by atoms with Crippen molar-refractivity contribution in [3.63, 3.8) is 0 Å². The summed E-state index contributed by atoms with van der Waals surface area (Å²) in [5.74, 6) is -0.470. The summed E-state index contributed by atoms with van der Waals surface area (Å²) < 4.78 is 16.4. The average Bonchev–Trinajstić information content (AvgIpc) is 2.87. The van der Waals surface area contributed by atoms with Gasteiger partial charge in [-0.25, -0.2) is 9.37 Å². The molecule has 0 saturated carbocycles. The third-order valence-electron chi connectivity index (χ3n) is 4.64. The van der Waals surface area contributed by atoms with Gasteiger partial charge in [-0.05, 0) is 43.7 Å². The summed E-state index contributed by atoms with van der Waals surface area (Å²) in [6, 6.07) is 8.41. The zero-order chi connectivity index (χ0) is 19.7. The third kappa shape index (κ3) is 3.39. The maximum Gasteiger partial charge on any atom is 0.134 e. The molecule has 2 heterocycles. The van der Waals surface area contributed by atoms with Gasteiger partial charge in [0.05, 0.1) is 12.2 Å². The van der Waals surface area contributed by atoms with Crippen molar-refractivity contribution in [2.75, 3.05) is 5.73 Å². The molecule has 138 valence electrons. The van der Waals surface area contributed by atoms with Crippen molar-refractivity contribution >= 4 is 17.3 Å². The van der Waals surface area contributed by atoms with Crippen LogP contribution in [0.2, 0.25) is 5.15 Å². The largest absolute Gasteiger partial charge is 0.399 e. The molecule has 0 bridgehead atoms. The van der Waals surface area contributed by atoms with Crippen molar-refractivity contribution in [2.24, 2.45) is 0 Å². The maximum atomic E-state index is 14.5. The molecule has 0 saturated heterocycles. The predicted octanol–water partition coefficient (Wildman–Crippen LogP) is 3.95. The Hall–Kier alpha value is -2.88. The van der Waals surface area contributed by atoms with Gasteiger partial charge >= 0.3 is 0 Å². The van der Waals surface area contributed by atoms with Gasteiger partial charge in [0.1, 0.15) is 17.0 Å². The minimum atomic E-state index is -0.470. The highest BCUT2D eigenvalue weighted by Crippen LogP contribution is 2.34. The molecule has 3 aromatic rings. The molecule has 0 radical (unpaired) electrons. The van der Waals surface area contributed by atoms with Crippen LogP contribution in [0.4, 0.5) is 10.1 Å². The van der Waals surface area contributed by atoms with E-state index >= 15 is 0 Å². The van der Waals surface area contributed by atoms with E-state index < -0.39 is 5.82 Å². The minimum absolute atomic E-state index is 0.214. The molecule has 1 aromatic carbocycles. The van der Waals surface area contributed by atoms with E-state index in [-0.39, 0.29) is 11.8 Å². The molecule has 0 fully saturated rings. The van der Waals surface area contributed by atoms with E-state index in [1.807, 2.05) is 18.4 Å². The molecule has 0 aliphatic rings. The number of nitrogen functional groups attached to an aromatic ring is 1. The topological polar surface area (TPSA) is 87.9 Å². The van der Waals surface area contributed by atoms with Crippen molar-refractivity contribution in [3.05, 3.63) is 69.5 Å². The number of halogens is 2. The Kier molecular flexibility index (Phi) is 5.17. The van der Waals surface area contributed by atoms with E-state index in [1.54, 1.807) is 24.4 Å². The lowest BCUT2D eigenvalue weighted by atomic mass is 10.0. The Labute approximate surface area is 161 Å². The molecule has 0 spiro atoms. The number of hydrogen-bond acceptors (Lipinski definition) is 4. The molecule has 0 amide bonds. The second-order valence-corrected chi connectivity index (χ2v) is 6.67. The van der Waals surface area contributed by atoms with Crippen LogP contribution in [0.25, 0.3) is 11.1 Å². The molecular formula is C20H18ClFN4O. The first-order chi connectivity index (χ1) is 12.9. The van der Waals surface area contributed by atoms with E-state index in [0.29, 0.717) is 34.5 Å². The van der Waals surface area contributed by atoms with Gasteiger partial charge in [0.25, 0.3) is 0 Å². The molecular weight excluding hydrogens is 367 g/mol. The van der Waals surface area contributed by atoms with Crippen LogP contribution in [0.5, 0.6) is 0 Å². The molecule has 3 N–H and O–H groups in total. The number of nitriles is 1. The summed E-state index contributed by atoms with van der Waals surface area (Å²) in [4.78, 5) is 4.09. The number of nitrogens with two attached hydrogens (primary N) is 1. The van der Waals surface area contributed by atoms with E-state index in [4.69, 9.17) is 17.3 Å². The summed E-state index contributed by atoms with van der Waals surface area (Å²) >= 11 is 5.95. The van der Waals surface area contributed by atoms with Crippen molar-refractivity contribution < 1.29 is 9.50 Å². The second kappa shape index (κ2) is 7.39. The number of nitrogens with zero attached hydrogens (tertiary/aromatic N) is 3. The van der Waals surface area contributed by atoms with Crippen LogP contribution in [0.15, 0.2) is 30.5 Å². The first-order valence-electron chi connectivity index (χ1n) is 8.26. The van der Waals surface area contributed by atoms with Crippen LogP contribution in [-0.4, -0.2) is 14.7 Å². The normalized spacial score (nSPS) is 10.8. The van der Waals surface area contributed by atoms with E-state index in [0.717, 1.165) is 17.0 Å². The summed E-state index contributed by atoms with van der Waals surface area (Å²) in [6.07, 6.45) is 1.62. The third-order valence-corrected chi connectivity index (χ3v) is 4.98. The van der Waals surface area contributed by atoms with Crippen molar-refractivity contribution in [3.8, 4) is 17.2 Å². The molecule has 3 rings (SSSR count). The number of anilines is 1. The molecule has 2 aromatic heterocycles. The van der Waals surface area contributed by atoms with Gasteiger partial charge in [-0.1, -0.05) is 11.6 Å². The second-order valence-electron chi connectivity index (χ2n) is 6.31. The zero-order valence-electron chi connectivity index (χ0n) is 14.9. The number of aliphatic hydroxyl groups excluding tert-OH is 1. The molecule has 27 heavy (non-hydrogen) atoms. The lowest BCUT2D eigenvalue weighted by Crippen LogP contribution is -2.05. The lowest BCUT2D eigenvalue weighted by Gasteiger charge is -2.11. The Balaban J connectivity index is 2.13. The Morgan fingerprint density at radius 2 is 2.04 bits per heavy atom. The number of aromatic nitrogens is 2. The number of rotatable bonds is 4. The highest BCUT2D eigenvalue weighted by Gasteiger charge is 2.21. The molecule has 0 aliphatic carbocycles. The quantitative estimate of drug-likeness (QED) is 0.526. The van der Waals surface area contributed by atoms with Gasteiger partial charge in [-0.3, -0.25) is 0 Å².